The van der Waals surface area contributed by atoms with Crippen molar-refractivity contribution in [1.82, 2.24) is 9.97 Å². The summed E-state index contributed by atoms with van der Waals surface area (Å²) in [5.74, 6) is 1.16. The van der Waals surface area contributed by atoms with Crippen LogP contribution in [0.15, 0.2) is 53.7 Å². The van der Waals surface area contributed by atoms with E-state index >= 15 is 0 Å². The Morgan fingerprint density at radius 1 is 1.06 bits per heavy atom. The van der Waals surface area contributed by atoms with Crippen molar-refractivity contribution < 1.29 is 23.1 Å². The van der Waals surface area contributed by atoms with E-state index in [0.717, 1.165) is 6.26 Å². The van der Waals surface area contributed by atoms with Gasteiger partial charge >= 0.3 is 0 Å². The molecule has 0 saturated carbocycles. The minimum absolute atomic E-state index is 0.0977. The van der Waals surface area contributed by atoms with Gasteiger partial charge in [-0.25, -0.2) is 18.4 Å². The monoisotopic (exact) mass is 456 g/mol. The number of pyridine rings is 2. The Morgan fingerprint density at radius 3 is 2.41 bits per heavy atom. The molecule has 1 aromatic carbocycles. The minimum atomic E-state index is -3.35. The highest BCUT2D eigenvalue weighted by Crippen LogP contribution is 2.33. The molecule has 0 radical (unpaired) electrons. The number of rotatable bonds is 9. The Kier molecular flexibility index (Phi) is 7.06. The summed E-state index contributed by atoms with van der Waals surface area (Å²) in [7, 11) is -1.84. The van der Waals surface area contributed by atoms with Gasteiger partial charge in [-0.2, -0.15) is 0 Å². The van der Waals surface area contributed by atoms with E-state index in [1.165, 1.54) is 31.6 Å². The molecule has 0 fully saturated rings. The molecule has 0 saturated heterocycles. The lowest BCUT2D eigenvalue weighted by Gasteiger charge is -2.17. The first-order chi connectivity index (χ1) is 15.3. The number of hydrogen-bond donors (Lipinski definition) is 3. The van der Waals surface area contributed by atoms with E-state index in [4.69, 9.17) is 4.74 Å². The summed E-state index contributed by atoms with van der Waals surface area (Å²) in [5, 5.41) is 15.8. The van der Waals surface area contributed by atoms with Crippen LogP contribution in [0.3, 0.4) is 0 Å². The van der Waals surface area contributed by atoms with E-state index in [1.807, 2.05) is 0 Å². The molecular formula is C22H24N4O5S. The Labute approximate surface area is 186 Å². The summed E-state index contributed by atoms with van der Waals surface area (Å²) in [4.78, 5) is 21.0. The van der Waals surface area contributed by atoms with Gasteiger partial charge in [-0.3, -0.25) is 4.79 Å². The van der Waals surface area contributed by atoms with Gasteiger partial charge in [-0.15, -0.1) is 0 Å². The fourth-order valence-electron chi connectivity index (χ4n) is 3.04. The van der Waals surface area contributed by atoms with Crippen molar-refractivity contribution in [3.63, 3.8) is 0 Å². The van der Waals surface area contributed by atoms with Gasteiger partial charge < -0.3 is 20.5 Å². The molecule has 9 nitrogen and oxygen atoms in total. The number of ether oxygens (including phenoxy) is 1. The highest BCUT2D eigenvalue weighted by molar-refractivity contribution is 7.90. The van der Waals surface area contributed by atoms with Crippen molar-refractivity contribution in [3.8, 4) is 5.75 Å². The van der Waals surface area contributed by atoms with Crippen LogP contribution < -0.4 is 15.4 Å². The second-order valence-electron chi connectivity index (χ2n) is 6.95. The maximum absolute atomic E-state index is 12.5. The van der Waals surface area contributed by atoms with Gasteiger partial charge in [0.05, 0.1) is 35.6 Å². The molecule has 2 aromatic heterocycles. The molecule has 0 bridgehead atoms. The van der Waals surface area contributed by atoms with Crippen LogP contribution in [-0.2, 0) is 16.4 Å². The highest BCUT2D eigenvalue weighted by atomic mass is 32.2. The second kappa shape index (κ2) is 9.75. The Bertz CT molecular complexity index is 1230. The number of aliphatic hydroxyl groups is 1. The van der Waals surface area contributed by atoms with Crippen molar-refractivity contribution in [2.24, 2.45) is 0 Å². The Hall–Kier alpha value is -3.50. The zero-order valence-electron chi connectivity index (χ0n) is 17.9. The van der Waals surface area contributed by atoms with Crippen LogP contribution >= 0.6 is 0 Å². The van der Waals surface area contributed by atoms with Crippen LogP contribution in [0.2, 0.25) is 0 Å². The number of nitrogens with one attached hydrogen (secondary N) is 2. The SMILES string of the molecule is CCC(=O)c1cnc(Nc2ccc(S(C)(=O)=O)cn2)cc1Nc1cccc(CO)c1OC. The first kappa shape index (κ1) is 23.2. The molecule has 0 amide bonds. The molecule has 3 N–H and O–H groups in total. The lowest BCUT2D eigenvalue weighted by Crippen LogP contribution is -2.07. The van der Waals surface area contributed by atoms with Crippen LogP contribution in [0.4, 0.5) is 23.0 Å². The molecule has 168 valence electrons. The maximum Gasteiger partial charge on any atom is 0.177 e. The van der Waals surface area contributed by atoms with Gasteiger partial charge in [0.15, 0.2) is 15.6 Å². The minimum Gasteiger partial charge on any atom is -0.494 e. The fraction of sp³-hybridized carbons (Fsp3) is 0.227. The molecule has 2 heterocycles. The van der Waals surface area contributed by atoms with Crippen LogP contribution in [0.25, 0.3) is 0 Å². The van der Waals surface area contributed by atoms with Crippen LogP contribution in [-0.4, -0.2) is 42.6 Å². The molecule has 0 aliphatic rings. The van der Waals surface area contributed by atoms with Crippen LogP contribution in [0.1, 0.15) is 29.3 Å². The molecule has 10 heteroatoms. The van der Waals surface area contributed by atoms with Gasteiger partial charge in [0, 0.05) is 36.7 Å². The fourth-order valence-corrected chi connectivity index (χ4v) is 3.60. The quantitative estimate of drug-likeness (QED) is 0.414. The summed E-state index contributed by atoms with van der Waals surface area (Å²) in [6.07, 6.45) is 4.13. The topological polar surface area (TPSA) is 131 Å². The van der Waals surface area contributed by atoms with Gasteiger partial charge in [0.2, 0.25) is 0 Å². The number of hydrogen-bond acceptors (Lipinski definition) is 9. The average molecular weight is 457 g/mol. The van der Waals surface area contributed by atoms with E-state index in [-0.39, 0.29) is 17.3 Å². The first-order valence-electron chi connectivity index (χ1n) is 9.77. The molecule has 0 unspecified atom stereocenters. The molecule has 0 atom stereocenters. The third-order valence-corrected chi connectivity index (χ3v) is 5.78. The number of carbonyl (C=O) groups excluding carboxylic acids is 1. The van der Waals surface area contributed by atoms with E-state index in [2.05, 4.69) is 20.6 Å². The number of aliphatic hydroxyl groups excluding tert-OH is 1. The van der Waals surface area contributed by atoms with Crippen molar-refractivity contribution in [2.45, 2.75) is 24.8 Å². The number of anilines is 4. The van der Waals surface area contributed by atoms with Gasteiger partial charge in [-0.1, -0.05) is 19.1 Å². The number of sulfone groups is 1. The van der Waals surface area contributed by atoms with E-state index < -0.39 is 9.84 Å². The lowest BCUT2D eigenvalue weighted by atomic mass is 10.1. The smallest absolute Gasteiger partial charge is 0.177 e. The van der Waals surface area contributed by atoms with Crippen molar-refractivity contribution in [1.29, 1.82) is 0 Å². The van der Waals surface area contributed by atoms with Crippen molar-refractivity contribution in [3.05, 3.63) is 59.9 Å². The molecule has 0 spiro atoms. The lowest BCUT2D eigenvalue weighted by molar-refractivity contribution is 0.0988. The zero-order chi connectivity index (χ0) is 23.3. The third-order valence-electron chi connectivity index (χ3n) is 4.69. The predicted octanol–water partition coefficient (Wildman–Crippen LogP) is 3.46. The number of para-hydroxylation sites is 1. The molecular weight excluding hydrogens is 432 g/mol. The number of methoxy groups -OCH3 is 1. The van der Waals surface area contributed by atoms with Gasteiger partial charge in [0.25, 0.3) is 0 Å². The summed E-state index contributed by atoms with van der Waals surface area (Å²) in [5.41, 5.74) is 2.07. The largest absolute Gasteiger partial charge is 0.494 e. The maximum atomic E-state index is 12.5. The normalized spacial score (nSPS) is 11.1. The number of aromatic nitrogens is 2. The van der Waals surface area contributed by atoms with E-state index in [9.17, 15) is 18.3 Å². The van der Waals surface area contributed by atoms with E-state index in [0.29, 0.717) is 46.3 Å². The third kappa shape index (κ3) is 5.21. The number of ketones is 1. The molecule has 0 aliphatic heterocycles. The average Bonchev–Trinajstić information content (AvgIpc) is 2.78. The van der Waals surface area contributed by atoms with Gasteiger partial charge in [-0.05, 0) is 18.2 Å². The molecule has 32 heavy (non-hydrogen) atoms. The van der Waals surface area contributed by atoms with Crippen LogP contribution in [0.5, 0.6) is 5.75 Å². The number of nitrogens with zero attached hydrogens (tertiary/aromatic N) is 2. The molecule has 0 aliphatic carbocycles. The zero-order valence-corrected chi connectivity index (χ0v) is 18.7. The van der Waals surface area contributed by atoms with Crippen LogP contribution in [0, 0.1) is 0 Å². The second-order valence-corrected chi connectivity index (χ2v) is 8.96. The van der Waals surface area contributed by atoms with Crippen molar-refractivity contribution in [2.75, 3.05) is 24.0 Å². The summed E-state index contributed by atoms with van der Waals surface area (Å²) in [6.45, 7) is 1.57. The number of Topliss-reactive ketones (excluding diaryl/α,β-unsaturated/α-hetero) is 1. The predicted molar refractivity (Wildman–Crippen MR) is 122 cm³/mol. The van der Waals surface area contributed by atoms with Gasteiger partial charge in [0.1, 0.15) is 17.4 Å². The van der Waals surface area contributed by atoms with Crippen molar-refractivity contribution >= 4 is 38.6 Å². The first-order valence-corrected chi connectivity index (χ1v) is 11.7. The Morgan fingerprint density at radius 2 is 1.81 bits per heavy atom. The van der Waals surface area contributed by atoms with E-state index in [1.54, 1.807) is 31.2 Å². The Balaban J connectivity index is 1.97. The molecule has 3 rings (SSSR count). The summed E-state index contributed by atoms with van der Waals surface area (Å²) in [6, 6.07) is 9.92. The highest BCUT2D eigenvalue weighted by Gasteiger charge is 2.16. The summed E-state index contributed by atoms with van der Waals surface area (Å²) >= 11 is 0. The number of carbonyl (C=O) groups is 1. The molecule has 3 aromatic rings. The number of benzene rings is 1. The standard InChI is InChI=1S/C22H24N4O5S/c1-4-19(28)16-12-24-21(26-20-9-8-15(11-23-20)32(3,29)30)10-18(16)25-17-7-5-6-14(13-27)22(17)31-2/h5-12,27H,4,13H2,1-3H3,(H2,23,24,25,26). The summed E-state index contributed by atoms with van der Waals surface area (Å²) < 4.78 is 28.7.